The van der Waals surface area contributed by atoms with E-state index < -0.39 is 6.10 Å². The molecule has 0 spiro atoms. The maximum Gasteiger partial charge on any atom is 0.255 e. The highest BCUT2D eigenvalue weighted by Gasteiger charge is 2.16. The Morgan fingerprint density at radius 1 is 1.33 bits per heavy atom. The fourth-order valence-corrected chi connectivity index (χ4v) is 2.39. The van der Waals surface area contributed by atoms with Gasteiger partial charge in [-0.15, -0.1) is 0 Å². The molecule has 2 rings (SSSR count). The molecule has 112 valence electrons. The number of aliphatic hydroxyl groups is 1. The van der Waals surface area contributed by atoms with E-state index in [9.17, 15) is 15.0 Å². The van der Waals surface area contributed by atoms with Gasteiger partial charge >= 0.3 is 0 Å². The van der Waals surface area contributed by atoms with Crippen molar-refractivity contribution in [1.82, 2.24) is 10.3 Å². The number of rotatable bonds is 5. The van der Waals surface area contributed by atoms with E-state index in [2.05, 4.69) is 10.3 Å². The number of benzene rings is 1. The summed E-state index contributed by atoms with van der Waals surface area (Å²) in [7, 11) is 0. The van der Waals surface area contributed by atoms with Gasteiger partial charge in [0.2, 0.25) is 0 Å². The first-order valence-electron chi connectivity index (χ1n) is 7.02. The summed E-state index contributed by atoms with van der Waals surface area (Å²) in [4.78, 5) is 16.4. The van der Waals surface area contributed by atoms with Crippen LogP contribution in [0.2, 0.25) is 0 Å². The molecule has 0 radical (unpaired) electrons. The van der Waals surface area contributed by atoms with Gasteiger partial charge in [0.25, 0.3) is 5.91 Å². The third-order valence-corrected chi connectivity index (χ3v) is 3.34. The number of carbonyl (C=O) groups is 1. The molecule has 0 saturated carbocycles. The molecular formula is C16H20N2O3. The minimum absolute atomic E-state index is 0.130. The molecule has 1 amide bonds. The monoisotopic (exact) mass is 288 g/mol. The number of para-hydroxylation sites is 1. The lowest BCUT2D eigenvalue weighted by Crippen LogP contribution is -2.29. The Hall–Kier alpha value is -2.14. The van der Waals surface area contributed by atoms with Crippen LogP contribution in [0.25, 0.3) is 10.9 Å². The zero-order valence-electron chi connectivity index (χ0n) is 12.2. The van der Waals surface area contributed by atoms with E-state index in [1.807, 2.05) is 13.0 Å². The number of aromatic nitrogens is 1. The van der Waals surface area contributed by atoms with Gasteiger partial charge in [0, 0.05) is 11.9 Å². The van der Waals surface area contributed by atoms with Crippen LogP contribution in [0.4, 0.5) is 0 Å². The number of hydrogen-bond donors (Lipinski definition) is 3. The molecule has 0 saturated heterocycles. The quantitative estimate of drug-likeness (QED) is 0.786. The van der Waals surface area contributed by atoms with Crippen molar-refractivity contribution in [1.29, 1.82) is 0 Å². The van der Waals surface area contributed by atoms with Crippen molar-refractivity contribution in [2.45, 2.75) is 26.4 Å². The van der Waals surface area contributed by atoms with Crippen molar-refractivity contribution in [2.75, 3.05) is 6.54 Å². The first-order valence-corrected chi connectivity index (χ1v) is 7.02. The van der Waals surface area contributed by atoms with E-state index in [1.54, 1.807) is 25.1 Å². The van der Waals surface area contributed by atoms with Crippen molar-refractivity contribution >= 4 is 16.8 Å². The van der Waals surface area contributed by atoms with Crippen LogP contribution in [0.15, 0.2) is 30.5 Å². The highest BCUT2D eigenvalue weighted by molar-refractivity contribution is 6.08. The predicted octanol–water partition coefficient (Wildman–Crippen LogP) is 2.08. The maximum atomic E-state index is 12.3. The van der Waals surface area contributed by atoms with Crippen molar-refractivity contribution < 1.29 is 15.0 Å². The number of fused-ring (bicyclic) bond motifs is 1. The highest BCUT2D eigenvalue weighted by atomic mass is 16.3. The molecule has 1 aromatic heterocycles. The summed E-state index contributed by atoms with van der Waals surface area (Å²) in [6, 6.07) is 7.19. The molecule has 3 N–H and O–H groups in total. The van der Waals surface area contributed by atoms with Gasteiger partial charge in [0.15, 0.2) is 0 Å². The molecule has 2 aromatic rings. The molecule has 5 nitrogen and oxygen atoms in total. The Bertz CT molecular complexity index is 640. The molecule has 0 aliphatic heterocycles. The highest BCUT2D eigenvalue weighted by Crippen LogP contribution is 2.24. The lowest BCUT2D eigenvalue weighted by atomic mass is 10.0. The van der Waals surface area contributed by atoms with Gasteiger partial charge in [-0.1, -0.05) is 25.1 Å². The lowest BCUT2D eigenvalue weighted by molar-refractivity contribution is 0.0938. The summed E-state index contributed by atoms with van der Waals surface area (Å²) in [6.45, 7) is 4.12. The molecular weight excluding hydrogens is 268 g/mol. The number of nitrogens with one attached hydrogen (secondary N) is 1. The van der Waals surface area contributed by atoms with E-state index in [0.29, 0.717) is 23.9 Å². The number of amides is 1. The average Bonchev–Trinajstić information content (AvgIpc) is 2.44. The van der Waals surface area contributed by atoms with Crippen LogP contribution in [0.5, 0.6) is 5.75 Å². The fourth-order valence-electron chi connectivity index (χ4n) is 2.39. The molecule has 21 heavy (non-hydrogen) atoms. The summed E-state index contributed by atoms with van der Waals surface area (Å²) in [5, 5.41) is 22.7. The molecule has 0 fully saturated rings. The van der Waals surface area contributed by atoms with Crippen molar-refractivity contribution in [3.05, 3.63) is 36.0 Å². The van der Waals surface area contributed by atoms with Gasteiger partial charge in [-0.05, 0) is 25.3 Å². The van der Waals surface area contributed by atoms with Gasteiger partial charge in [0.05, 0.1) is 23.4 Å². The number of pyridine rings is 1. The Morgan fingerprint density at radius 2 is 2.05 bits per heavy atom. The van der Waals surface area contributed by atoms with Crippen LogP contribution in [0.3, 0.4) is 0 Å². The Morgan fingerprint density at radius 3 is 2.76 bits per heavy atom. The normalized spacial score (nSPS) is 13.9. The van der Waals surface area contributed by atoms with Crippen molar-refractivity contribution in [3.63, 3.8) is 0 Å². The molecule has 2 unspecified atom stereocenters. The second-order valence-electron chi connectivity index (χ2n) is 5.44. The number of aromatic hydroxyl groups is 1. The fraction of sp³-hybridized carbons (Fsp3) is 0.375. The molecule has 0 bridgehead atoms. The Balaban J connectivity index is 2.18. The number of hydrogen-bond acceptors (Lipinski definition) is 4. The predicted molar refractivity (Wildman–Crippen MR) is 81.2 cm³/mol. The Labute approximate surface area is 123 Å². The first-order chi connectivity index (χ1) is 9.99. The minimum atomic E-state index is -0.396. The van der Waals surface area contributed by atoms with Gasteiger partial charge < -0.3 is 15.5 Å². The number of nitrogens with zero attached hydrogens (tertiary/aromatic N) is 1. The molecule has 0 aliphatic carbocycles. The largest absolute Gasteiger partial charge is 0.505 e. The van der Waals surface area contributed by atoms with Crippen molar-refractivity contribution in [2.24, 2.45) is 5.92 Å². The number of aliphatic hydroxyl groups excluding tert-OH is 1. The van der Waals surface area contributed by atoms with E-state index >= 15 is 0 Å². The van der Waals surface area contributed by atoms with E-state index in [0.717, 1.165) is 0 Å². The minimum Gasteiger partial charge on any atom is -0.505 e. The van der Waals surface area contributed by atoms with Crippen LogP contribution in [0.1, 0.15) is 30.6 Å². The molecule has 1 heterocycles. The van der Waals surface area contributed by atoms with Gasteiger partial charge in [0.1, 0.15) is 5.75 Å². The zero-order chi connectivity index (χ0) is 15.4. The standard InChI is InChI=1S/C16H20N2O3/c1-10(7-11(2)19)8-18-16(21)15-12-5-3-4-6-13(12)17-9-14(15)20/h3-6,9-11,19-20H,7-8H2,1-2H3,(H,18,21). The summed E-state index contributed by atoms with van der Waals surface area (Å²) in [6.07, 6.45) is 1.51. The maximum absolute atomic E-state index is 12.3. The van der Waals surface area contributed by atoms with Crippen LogP contribution >= 0.6 is 0 Å². The zero-order valence-corrected chi connectivity index (χ0v) is 12.2. The smallest absolute Gasteiger partial charge is 0.255 e. The molecule has 1 aromatic carbocycles. The summed E-state index contributed by atoms with van der Waals surface area (Å²) in [5.74, 6) is -0.304. The lowest BCUT2D eigenvalue weighted by Gasteiger charge is -2.15. The van der Waals surface area contributed by atoms with Crippen molar-refractivity contribution in [3.8, 4) is 5.75 Å². The average molecular weight is 288 g/mol. The van der Waals surface area contributed by atoms with Gasteiger partial charge in [-0.2, -0.15) is 0 Å². The summed E-state index contributed by atoms with van der Waals surface area (Å²) in [5.41, 5.74) is 0.905. The summed E-state index contributed by atoms with van der Waals surface area (Å²) >= 11 is 0. The second kappa shape index (κ2) is 6.54. The van der Waals surface area contributed by atoms with E-state index in [4.69, 9.17) is 0 Å². The Kier molecular flexibility index (Phi) is 4.75. The topological polar surface area (TPSA) is 82.5 Å². The van der Waals surface area contributed by atoms with Crippen LogP contribution < -0.4 is 5.32 Å². The van der Waals surface area contributed by atoms with Crippen LogP contribution in [-0.4, -0.2) is 33.8 Å². The molecule has 0 aliphatic rings. The third-order valence-electron chi connectivity index (χ3n) is 3.34. The van der Waals surface area contributed by atoms with Crippen LogP contribution in [-0.2, 0) is 0 Å². The SMILES string of the molecule is CC(O)CC(C)CNC(=O)c1c(O)cnc2ccccc12. The molecule has 2 atom stereocenters. The van der Waals surface area contributed by atoms with Gasteiger partial charge in [-0.25, -0.2) is 0 Å². The summed E-state index contributed by atoms with van der Waals surface area (Å²) < 4.78 is 0. The second-order valence-corrected chi connectivity index (χ2v) is 5.44. The van der Waals surface area contributed by atoms with E-state index in [-0.39, 0.29) is 23.1 Å². The van der Waals surface area contributed by atoms with Crippen LogP contribution in [0, 0.1) is 5.92 Å². The number of carbonyl (C=O) groups excluding carboxylic acids is 1. The van der Waals surface area contributed by atoms with E-state index in [1.165, 1.54) is 6.20 Å². The molecule has 5 heteroatoms. The first kappa shape index (κ1) is 15.3. The third kappa shape index (κ3) is 3.70. The van der Waals surface area contributed by atoms with Gasteiger partial charge in [-0.3, -0.25) is 9.78 Å².